The van der Waals surface area contributed by atoms with Gasteiger partial charge in [0.05, 0.1) is 6.61 Å². The second kappa shape index (κ2) is 4.10. The third-order valence-corrected chi connectivity index (χ3v) is 1.70. The van der Waals surface area contributed by atoms with Crippen LogP contribution in [0.25, 0.3) is 0 Å². The topological polar surface area (TPSA) is 9.23 Å². The first-order valence-corrected chi connectivity index (χ1v) is 4.19. The number of aryl methyl sites for hydroxylation is 1. The maximum atomic E-state index is 12.7. The first-order chi connectivity index (χ1) is 5.77. The number of rotatable bonds is 3. The Morgan fingerprint density at radius 1 is 1.33 bits per heavy atom. The van der Waals surface area contributed by atoms with Crippen molar-refractivity contribution in [2.45, 2.75) is 20.3 Å². The minimum absolute atomic E-state index is 0.199. The van der Waals surface area contributed by atoms with Crippen LogP contribution in [-0.4, -0.2) is 6.61 Å². The number of halogens is 1. The van der Waals surface area contributed by atoms with Crippen LogP contribution in [0.5, 0.6) is 5.75 Å². The lowest BCUT2D eigenvalue weighted by Crippen LogP contribution is -1.96. The van der Waals surface area contributed by atoms with Crippen LogP contribution < -0.4 is 4.74 Å². The van der Waals surface area contributed by atoms with Gasteiger partial charge in [-0.2, -0.15) is 0 Å². The van der Waals surface area contributed by atoms with Crippen molar-refractivity contribution in [3.8, 4) is 5.75 Å². The molecule has 1 aromatic carbocycles. The van der Waals surface area contributed by atoms with Crippen molar-refractivity contribution in [3.05, 3.63) is 29.6 Å². The van der Waals surface area contributed by atoms with Crippen molar-refractivity contribution in [1.82, 2.24) is 0 Å². The Kier molecular flexibility index (Phi) is 3.09. The molecular formula is C10H13FO. The van der Waals surface area contributed by atoms with Gasteiger partial charge in [0.25, 0.3) is 0 Å². The summed E-state index contributed by atoms with van der Waals surface area (Å²) in [5, 5.41) is 0. The van der Waals surface area contributed by atoms with Gasteiger partial charge in [-0.15, -0.1) is 0 Å². The zero-order valence-electron chi connectivity index (χ0n) is 7.43. The van der Waals surface area contributed by atoms with Gasteiger partial charge in [0, 0.05) is 0 Å². The molecule has 66 valence electrons. The number of hydrogen-bond acceptors (Lipinski definition) is 1. The van der Waals surface area contributed by atoms with Gasteiger partial charge in [0.2, 0.25) is 0 Å². The standard InChI is InChI=1S/C10H13FO/c1-3-8-7-9(11)5-6-10(8)12-4-2/h5-7H,3-4H2,1-2H3. The van der Waals surface area contributed by atoms with Gasteiger partial charge in [-0.25, -0.2) is 4.39 Å². The lowest BCUT2D eigenvalue weighted by molar-refractivity contribution is 0.336. The summed E-state index contributed by atoms with van der Waals surface area (Å²) in [6.07, 6.45) is 0.799. The summed E-state index contributed by atoms with van der Waals surface area (Å²) in [6.45, 7) is 4.53. The highest BCUT2D eigenvalue weighted by Gasteiger charge is 2.01. The Hall–Kier alpha value is -1.05. The van der Waals surface area contributed by atoms with Gasteiger partial charge in [-0.3, -0.25) is 0 Å². The van der Waals surface area contributed by atoms with Crippen molar-refractivity contribution >= 4 is 0 Å². The quantitative estimate of drug-likeness (QED) is 0.674. The van der Waals surface area contributed by atoms with Crippen molar-refractivity contribution < 1.29 is 9.13 Å². The van der Waals surface area contributed by atoms with E-state index in [1.807, 2.05) is 13.8 Å². The van der Waals surface area contributed by atoms with Crippen LogP contribution in [0.4, 0.5) is 4.39 Å². The predicted molar refractivity (Wildman–Crippen MR) is 46.9 cm³/mol. The largest absolute Gasteiger partial charge is 0.494 e. The zero-order chi connectivity index (χ0) is 8.97. The number of benzene rings is 1. The first kappa shape index (κ1) is 9.04. The average Bonchev–Trinajstić information content (AvgIpc) is 2.08. The van der Waals surface area contributed by atoms with Gasteiger partial charge in [-0.05, 0) is 37.1 Å². The van der Waals surface area contributed by atoms with E-state index >= 15 is 0 Å². The Balaban J connectivity index is 2.94. The van der Waals surface area contributed by atoms with E-state index < -0.39 is 0 Å². The number of hydrogen-bond donors (Lipinski definition) is 0. The lowest BCUT2D eigenvalue weighted by Gasteiger charge is -2.07. The second-order valence-corrected chi connectivity index (χ2v) is 2.54. The molecule has 0 saturated heterocycles. The Labute approximate surface area is 72.2 Å². The van der Waals surface area contributed by atoms with Gasteiger partial charge < -0.3 is 4.74 Å². The van der Waals surface area contributed by atoms with E-state index in [2.05, 4.69) is 0 Å². The summed E-state index contributed by atoms with van der Waals surface area (Å²) in [5.74, 6) is 0.594. The van der Waals surface area contributed by atoms with E-state index in [1.165, 1.54) is 12.1 Å². The predicted octanol–water partition coefficient (Wildman–Crippen LogP) is 2.79. The summed E-state index contributed by atoms with van der Waals surface area (Å²) < 4.78 is 18.0. The highest BCUT2D eigenvalue weighted by atomic mass is 19.1. The maximum Gasteiger partial charge on any atom is 0.123 e. The third-order valence-electron chi connectivity index (χ3n) is 1.70. The minimum Gasteiger partial charge on any atom is -0.494 e. The molecule has 1 rings (SSSR count). The SMILES string of the molecule is CCOc1ccc(F)cc1CC. The molecule has 0 fully saturated rings. The van der Waals surface area contributed by atoms with E-state index in [4.69, 9.17) is 4.74 Å². The Morgan fingerprint density at radius 2 is 2.08 bits per heavy atom. The van der Waals surface area contributed by atoms with Crippen LogP contribution in [0, 0.1) is 5.82 Å². The summed E-state index contributed by atoms with van der Waals surface area (Å²) >= 11 is 0. The van der Waals surface area contributed by atoms with Crippen LogP contribution in [-0.2, 0) is 6.42 Å². The molecule has 1 aromatic rings. The molecule has 0 bridgehead atoms. The normalized spacial score (nSPS) is 9.92. The molecule has 2 heteroatoms. The summed E-state index contributed by atoms with van der Waals surface area (Å²) in [6, 6.07) is 4.62. The molecule has 0 amide bonds. The van der Waals surface area contributed by atoms with Crippen LogP contribution in [0.2, 0.25) is 0 Å². The van der Waals surface area contributed by atoms with Gasteiger partial charge in [0.1, 0.15) is 11.6 Å². The van der Waals surface area contributed by atoms with Crippen molar-refractivity contribution in [2.24, 2.45) is 0 Å². The monoisotopic (exact) mass is 168 g/mol. The summed E-state index contributed by atoms with van der Waals surface area (Å²) in [7, 11) is 0. The molecule has 0 aliphatic carbocycles. The molecule has 0 aliphatic rings. The van der Waals surface area contributed by atoms with Gasteiger partial charge in [-0.1, -0.05) is 6.92 Å². The van der Waals surface area contributed by atoms with Crippen molar-refractivity contribution in [3.63, 3.8) is 0 Å². The average molecular weight is 168 g/mol. The molecule has 0 saturated carbocycles. The summed E-state index contributed by atoms with van der Waals surface area (Å²) in [5.41, 5.74) is 0.928. The third kappa shape index (κ3) is 1.97. The van der Waals surface area contributed by atoms with Crippen LogP contribution >= 0.6 is 0 Å². The van der Waals surface area contributed by atoms with Crippen molar-refractivity contribution in [2.75, 3.05) is 6.61 Å². The molecule has 0 N–H and O–H groups in total. The molecule has 1 nitrogen and oxygen atoms in total. The van der Waals surface area contributed by atoms with Gasteiger partial charge >= 0.3 is 0 Å². The lowest BCUT2D eigenvalue weighted by atomic mass is 10.1. The maximum absolute atomic E-state index is 12.7. The van der Waals surface area contributed by atoms with E-state index in [-0.39, 0.29) is 5.82 Å². The van der Waals surface area contributed by atoms with E-state index in [0.717, 1.165) is 17.7 Å². The van der Waals surface area contributed by atoms with Gasteiger partial charge in [0.15, 0.2) is 0 Å². The van der Waals surface area contributed by atoms with Crippen LogP contribution in [0.3, 0.4) is 0 Å². The molecule has 0 unspecified atom stereocenters. The molecule has 0 spiro atoms. The fourth-order valence-corrected chi connectivity index (χ4v) is 1.12. The minimum atomic E-state index is -0.199. The highest BCUT2D eigenvalue weighted by Crippen LogP contribution is 2.19. The number of ether oxygens (including phenoxy) is 1. The van der Waals surface area contributed by atoms with Crippen LogP contribution in [0.1, 0.15) is 19.4 Å². The fourth-order valence-electron chi connectivity index (χ4n) is 1.12. The molecule has 0 aromatic heterocycles. The molecule has 0 heterocycles. The second-order valence-electron chi connectivity index (χ2n) is 2.54. The smallest absolute Gasteiger partial charge is 0.123 e. The fraction of sp³-hybridized carbons (Fsp3) is 0.400. The zero-order valence-corrected chi connectivity index (χ0v) is 7.43. The Bertz CT molecular complexity index is 258. The summed E-state index contributed by atoms with van der Waals surface area (Å²) in [4.78, 5) is 0. The van der Waals surface area contributed by atoms with E-state index in [9.17, 15) is 4.39 Å². The highest BCUT2D eigenvalue weighted by molar-refractivity contribution is 5.33. The molecule has 0 atom stereocenters. The molecule has 0 aliphatic heterocycles. The van der Waals surface area contributed by atoms with Crippen LogP contribution in [0.15, 0.2) is 18.2 Å². The van der Waals surface area contributed by atoms with Crippen molar-refractivity contribution in [1.29, 1.82) is 0 Å². The Morgan fingerprint density at radius 3 is 2.67 bits per heavy atom. The van der Waals surface area contributed by atoms with E-state index in [1.54, 1.807) is 6.07 Å². The van der Waals surface area contributed by atoms with E-state index in [0.29, 0.717) is 6.61 Å². The first-order valence-electron chi connectivity index (χ1n) is 4.19. The molecule has 12 heavy (non-hydrogen) atoms. The molecule has 0 radical (unpaired) electrons. The molecular weight excluding hydrogens is 155 g/mol.